The van der Waals surface area contributed by atoms with Crippen molar-refractivity contribution in [3.8, 4) is 22.3 Å². The van der Waals surface area contributed by atoms with Gasteiger partial charge >= 0.3 is 0 Å². The minimum atomic E-state index is 1.24. The Kier molecular flexibility index (Phi) is 6.68. The van der Waals surface area contributed by atoms with Crippen LogP contribution < -0.4 is 0 Å². The van der Waals surface area contributed by atoms with Crippen molar-refractivity contribution >= 4 is 138 Å². The predicted octanol–water partition coefficient (Wildman–Crippen LogP) is 17.8. The van der Waals surface area contributed by atoms with E-state index in [2.05, 4.69) is 194 Å². The van der Waals surface area contributed by atoms with Gasteiger partial charge < -0.3 is 0 Å². The van der Waals surface area contributed by atoms with E-state index in [0.29, 0.717) is 0 Å². The highest BCUT2D eigenvalue weighted by molar-refractivity contribution is 7.26. The molecule has 0 aliphatic rings. The Labute approximate surface area is 352 Å². The molecule has 0 radical (unpaired) electrons. The van der Waals surface area contributed by atoms with Crippen LogP contribution >= 0.6 is 22.7 Å². The Balaban J connectivity index is 0.989. The average Bonchev–Trinajstić information content (AvgIpc) is 3.89. The molecule has 14 rings (SSSR count). The molecule has 0 spiro atoms. The van der Waals surface area contributed by atoms with Crippen LogP contribution in [0.4, 0.5) is 0 Å². The molecule has 2 heteroatoms. The topological polar surface area (TPSA) is 0 Å². The molecule has 0 bridgehead atoms. The number of hydrogen-bond donors (Lipinski definition) is 0. The van der Waals surface area contributed by atoms with Gasteiger partial charge in [-0.15, -0.1) is 22.7 Å². The van der Waals surface area contributed by atoms with Crippen molar-refractivity contribution in [3.63, 3.8) is 0 Å². The van der Waals surface area contributed by atoms with Gasteiger partial charge in [-0.25, -0.2) is 0 Å². The zero-order valence-corrected chi connectivity index (χ0v) is 33.9. The van der Waals surface area contributed by atoms with Crippen LogP contribution in [0, 0.1) is 0 Å². The molecular formula is C58H32S2. The summed E-state index contributed by atoms with van der Waals surface area (Å²) in [5.41, 5.74) is 5.01. The van der Waals surface area contributed by atoms with Crippen LogP contribution in [0.2, 0.25) is 0 Å². The summed E-state index contributed by atoms with van der Waals surface area (Å²) in [4.78, 5) is 0. The van der Waals surface area contributed by atoms with Crippen molar-refractivity contribution < 1.29 is 0 Å². The zero-order chi connectivity index (χ0) is 39.1. The lowest BCUT2D eigenvalue weighted by molar-refractivity contribution is 1.71. The molecule has 0 saturated carbocycles. The van der Waals surface area contributed by atoms with Gasteiger partial charge in [0.2, 0.25) is 0 Å². The minimum Gasteiger partial charge on any atom is -0.135 e. The van der Waals surface area contributed by atoms with E-state index >= 15 is 0 Å². The maximum absolute atomic E-state index is 2.45. The second-order valence-electron chi connectivity index (χ2n) is 16.3. The monoisotopic (exact) mass is 792 g/mol. The highest BCUT2D eigenvalue weighted by Crippen LogP contribution is 2.48. The van der Waals surface area contributed by atoms with Crippen LogP contribution in [-0.4, -0.2) is 0 Å². The summed E-state index contributed by atoms with van der Waals surface area (Å²) in [6, 6.07) is 73.2. The predicted molar refractivity (Wildman–Crippen MR) is 266 cm³/mol. The molecule has 2 heterocycles. The molecule has 60 heavy (non-hydrogen) atoms. The first-order valence-electron chi connectivity index (χ1n) is 20.6. The van der Waals surface area contributed by atoms with E-state index in [0.717, 1.165) is 0 Å². The molecule has 276 valence electrons. The van der Waals surface area contributed by atoms with Crippen molar-refractivity contribution in [2.24, 2.45) is 0 Å². The highest BCUT2D eigenvalue weighted by Gasteiger charge is 2.18. The van der Waals surface area contributed by atoms with E-state index < -0.39 is 0 Å². The molecule has 0 aliphatic carbocycles. The molecule has 0 saturated heterocycles. The maximum atomic E-state index is 2.45. The fraction of sp³-hybridized carbons (Fsp3) is 0. The summed E-state index contributed by atoms with van der Waals surface area (Å²) in [6.45, 7) is 0. The Hall–Kier alpha value is -7.10. The summed E-state index contributed by atoms with van der Waals surface area (Å²) < 4.78 is 5.32. The van der Waals surface area contributed by atoms with Crippen LogP contribution in [0.1, 0.15) is 0 Å². The number of rotatable bonds is 2. The Morgan fingerprint density at radius 1 is 0.217 bits per heavy atom. The van der Waals surface area contributed by atoms with Gasteiger partial charge in [0.05, 0.1) is 0 Å². The van der Waals surface area contributed by atoms with Gasteiger partial charge in [-0.1, -0.05) is 146 Å². The smallest absolute Gasteiger partial charge is 0.0362 e. The average molecular weight is 793 g/mol. The van der Waals surface area contributed by atoms with Gasteiger partial charge in [0, 0.05) is 40.3 Å². The van der Waals surface area contributed by atoms with Gasteiger partial charge in [0.15, 0.2) is 0 Å². The Morgan fingerprint density at radius 3 is 1.43 bits per heavy atom. The lowest BCUT2D eigenvalue weighted by Gasteiger charge is -2.14. The molecule has 0 unspecified atom stereocenters. The van der Waals surface area contributed by atoms with Gasteiger partial charge in [-0.2, -0.15) is 0 Å². The molecular weight excluding hydrogens is 761 g/mol. The van der Waals surface area contributed by atoms with E-state index in [1.807, 2.05) is 22.7 Å². The highest BCUT2D eigenvalue weighted by atomic mass is 32.1. The maximum Gasteiger partial charge on any atom is 0.0362 e. The largest absolute Gasteiger partial charge is 0.135 e. The van der Waals surface area contributed by atoms with Crippen LogP contribution in [0.15, 0.2) is 194 Å². The SMILES string of the molecule is c1ccc2c(c1)ccc1c3ccccc3c(-c3ccc4sc5ccc(-c6ccc7c(c6)c6ccccc6c6ccc8sc9ccc%10ccccc%10c9c8c67)cc5c4c3)cc21. The van der Waals surface area contributed by atoms with Crippen molar-refractivity contribution in [3.05, 3.63) is 194 Å². The fourth-order valence-corrected chi connectivity index (χ4v) is 12.7. The molecule has 0 atom stereocenters. The third-order valence-electron chi connectivity index (χ3n) is 13.2. The van der Waals surface area contributed by atoms with E-state index in [-0.39, 0.29) is 0 Å². The van der Waals surface area contributed by atoms with Gasteiger partial charge in [0.25, 0.3) is 0 Å². The third kappa shape index (κ3) is 4.55. The van der Waals surface area contributed by atoms with E-state index in [1.165, 1.54) is 138 Å². The van der Waals surface area contributed by atoms with Crippen molar-refractivity contribution in [1.29, 1.82) is 0 Å². The second-order valence-corrected chi connectivity index (χ2v) is 18.5. The van der Waals surface area contributed by atoms with E-state index in [9.17, 15) is 0 Å². The molecule has 0 fully saturated rings. The third-order valence-corrected chi connectivity index (χ3v) is 15.5. The number of hydrogen-bond acceptors (Lipinski definition) is 2. The van der Waals surface area contributed by atoms with Crippen molar-refractivity contribution in [2.75, 3.05) is 0 Å². The minimum absolute atomic E-state index is 1.24. The second kappa shape index (κ2) is 12.2. The molecule has 0 aliphatic heterocycles. The van der Waals surface area contributed by atoms with Crippen LogP contribution in [-0.2, 0) is 0 Å². The van der Waals surface area contributed by atoms with Crippen LogP contribution in [0.5, 0.6) is 0 Å². The summed E-state index contributed by atoms with van der Waals surface area (Å²) in [6.07, 6.45) is 0. The summed E-state index contributed by atoms with van der Waals surface area (Å²) in [5.74, 6) is 0. The molecule has 2 aromatic heterocycles. The quantitative estimate of drug-likeness (QED) is 0.153. The van der Waals surface area contributed by atoms with E-state index in [1.54, 1.807) is 0 Å². The first-order chi connectivity index (χ1) is 29.7. The fourth-order valence-electron chi connectivity index (χ4n) is 10.5. The summed E-state index contributed by atoms with van der Waals surface area (Å²) in [7, 11) is 0. The number of fused-ring (bicyclic) bond motifs is 20. The Bertz CT molecular complexity index is 4180. The Morgan fingerprint density at radius 2 is 0.650 bits per heavy atom. The molecule has 0 nitrogen and oxygen atoms in total. The lowest BCUT2D eigenvalue weighted by Crippen LogP contribution is -1.86. The van der Waals surface area contributed by atoms with Gasteiger partial charge in [-0.05, 0) is 146 Å². The van der Waals surface area contributed by atoms with E-state index in [4.69, 9.17) is 0 Å². The first-order valence-corrected chi connectivity index (χ1v) is 22.3. The number of thiophene rings is 2. The van der Waals surface area contributed by atoms with Crippen LogP contribution in [0.3, 0.4) is 0 Å². The summed E-state index contributed by atoms with van der Waals surface area (Å²) in [5, 5.41) is 23.6. The van der Waals surface area contributed by atoms with Crippen LogP contribution in [0.25, 0.3) is 138 Å². The molecule has 14 aromatic rings. The van der Waals surface area contributed by atoms with Gasteiger partial charge in [0.1, 0.15) is 0 Å². The van der Waals surface area contributed by atoms with Crippen molar-refractivity contribution in [2.45, 2.75) is 0 Å². The van der Waals surface area contributed by atoms with Gasteiger partial charge in [-0.3, -0.25) is 0 Å². The number of benzene rings is 12. The standard InChI is InChI=1S/C58H32S2/c1-3-11-38-33(9-1)17-22-44-40-13-5-7-15-42(40)47(32-49(38)44)37-21-26-53-51(31-37)50-30-36(20-25-52(50)59-53)35-18-23-46-48(29-35)43-16-8-6-14-41(43)45-24-28-55-58(56(45)46)57-39-12-4-2-10-34(39)19-27-54(57)60-55/h1-32H. The molecule has 12 aromatic carbocycles. The zero-order valence-electron chi connectivity index (χ0n) is 32.3. The first kappa shape index (κ1) is 32.8. The normalized spacial score (nSPS) is 12.3. The molecule has 0 N–H and O–H groups in total. The van der Waals surface area contributed by atoms with Crippen molar-refractivity contribution in [1.82, 2.24) is 0 Å². The lowest BCUT2D eigenvalue weighted by atomic mass is 9.89. The summed E-state index contributed by atoms with van der Waals surface area (Å²) >= 11 is 3.80. The molecule has 0 amide bonds.